The van der Waals surface area contributed by atoms with Crippen molar-refractivity contribution in [2.45, 2.75) is 13.1 Å². The maximum Gasteiger partial charge on any atom is 0.162 e. The maximum absolute atomic E-state index is 10.4. The Labute approximate surface area is 79.8 Å². The lowest BCUT2D eigenvalue weighted by atomic mass is 10.2. The number of terminal acetylenes is 1. The third-order valence-corrected chi connectivity index (χ3v) is 4.63. The van der Waals surface area contributed by atoms with Crippen LogP contribution in [0, 0.1) is 12.0 Å². The van der Waals surface area contributed by atoms with E-state index in [4.69, 9.17) is 6.42 Å². The zero-order valence-corrected chi connectivity index (χ0v) is 8.87. The average Bonchev–Trinajstić information content (AvgIpc) is 2.18. The molecule has 66 valence electrons. The molecule has 1 nitrogen and oxygen atoms in total. The van der Waals surface area contributed by atoms with Crippen molar-refractivity contribution in [3.8, 4) is 12.0 Å². The smallest absolute Gasteiger partial charge is 0.162 e. The quantitative estimate of drug-likeness (QED) is 0.391. The van der Waals surface area contributed by atoms with Gasteiger partial charge in [-0.15, -0.1) is 12.0 Å². The van der Waals surface area contributed by atoms with Gasteiger partial charge >= 0.3 is 0 Å². The molecule has 0 fully saturated rings. The standard InChI is InChI=1S/C11H12OSi/c1-4-13(2,3)11-7-5-10(9-12)6-8-11/h1,5-9H,2-3H3. The van der Waals surface area contributed by atoms with Crippen molar-refractivity contribution in [3.63, 3.8) is 0 Å². The molecule has 0 aliphatic carbocycles. The molecular formula is C11H12OSi. The number of carbonyl (C=O) groups excluding carboxylic acids is 1. The molecule has 1 aromatic carbocycles. The van der Waals surface area contributed by atoms with Gasteiger partial charge in [0.15, 0.2) is 8.07 Å². The molecule has 0 saturated carbocycles. The van der Waals surface area contributed by atoms with Gasteiger partial charge in [0.1, 0.15) is 6.29 Å². The summed E-state index contributed by atoms with van der Waals surface area (Å²) in [6.07, 6.45) is 6.29. The molecule has 0 amide bonds. The number of rotatable bonds is 2. The minimum Gasteiger partial charge on any atom is -0.298 e. The van der Waals surface area contributed by atoms with Crippen molar-refractivity contribution in [3.05, 3.63) is 29.8 Å². The van der Waals surface area contributed by atoms with Crippen molar-refractivity contribution in [2.24, 2.45) is 0 Å². The van der Waals surface area contributed by atoms with Crippen molar-refractivity contribution in [1.29, 1.82) is 0 Å². The van der Waals surface area contributed by atoms with Crippen molar-refractivity contribution < 1.29 is 4.79 Å². The Balaban J connectivity index is 3.07. The van der Waals surface area contributed by atoms with Gasteiger partial charge in [0, 0.05) is 5.56 Å². The number of hydrogen-bond acceptors (Lipinski definition) is 1. The van der Waals surface area contributed by atoms with Crippen LogP contribution in [0.25, 0.3) is 0 Å². The van der Waals surface area contributed by atoms with Gasteiger partial charge < -0.3 is 0 Å². The summed E-state index contributed by atoms with van der Waals surface area (Å²) in [6, 6.07) is 7.54. The van der Waals surface area contributed by atoms with E-state index in [0.29, 0.717) is 5.56 Å². The second-order valence-electron chi connectivity index (χ2n) is 3.51. The van der Waals surface area contributed by atoms with E-state index in [1.807, 2.05) is 24.3 Å². The summed E-state index contributed by atoms with van der Waals surface area (Å²) < 4.78 is 0. The molecule has 0 bridgehead atoms. The summed E-state index contributed by atoms with van der Waals surface area (Å²) in [7, 11) is -1.68. The largest absolute Gasteiger partial charge is 0.298 e. The fraction of sp³-hybridized carbons (Fsp3) is 0.182. The predicted molar refractivity (Wildman–Crippen MR) is 57.8 cm³/mol. The van der Waals surface area contributed by atoms with Crippen LogP contribution in [0.5, 0.6) is 0 Å². The van der Waals surface area contributed by atoms with Gasteiger partial charge in [-0.3, -0.25) is 4.79 Å². The van der Waals surface area contributed by atoms with Crippen LogP contribution in [0.4, 0.5) is 0 Å². The van der Waals surface area contributed by atoms with Gasteiger partial charge in [0.2, 0.25) is 0 Å². The van der Waals surface area contributed by atoms with Gasteiger partial charge in [-0.25, -0.2) is 0 Å². The lowest BCUT2D eigenvalue weighted by Crippen LogP contribution is -2.39. The SMILES string of the molecule is C#C[Si](C)(C)c1ccc(C=O)cc1. The highest BCUT2D eigenvalue weighted by atomic mass is 28.3. The summed E-state index contributed by atoms with van der Waals surface area (Å²) in [5.74, 6) is 0. The highest BCUT2D eigenvalue weighted by Gasteiger charge is 2.19. The van der Waals surface area contributed by atoms with Crippen LogP contribution in [0.3, 0.4) is 0 Å². The third kappa shape index (κ3) is 2.07. The Morgan fingerprint density at radius 1 is 1.31 bits per heavy atom. The maximum atomic E-state index is 10.4. The predicted octanol–water partition coefficient (Wildman–Crippen LogP) is 1.59. The number of hydrogen-bond donors (Lipinski definition) is 0. The zero-order chi connectivity index (χ0) is 9.90. The van der Waals surface area contributed by atoms with Crippen LogP contribution >= 0.6 is 0 Å². The van der Waals surface area contributed by atoms with Crippen LogP contribution in [0.1, 0.15) is 10.4 Å². The van der Waals surface area contributed by atoms with Gasteiger partial charge in [-0.05, 0) is 5.19 Å². The first-order chi connectivity index (χ1) is 6.10. The highest BCUT2D eigenvalue weighted by molar-refractivity contribution is 6.96. The fourth-order valence-electron chi connectivity index (χ4n) is 1.06. The van der Waals surface area contributed by atoms with Crippen LogP contribution in [-0.2, 0) is 0 Å². The normalized spacial score (nSPS) is 10.5. The van der Waals surface area contributed by atoms with Gasteiger partial charge in [0.25, 0.3) is 0 Å². The summed E-state index contributed by atoms with van der Waals surface area (Å²) in [5.41, 5.74) is 3.55. The van der Waals surface area contributed by atoms with E-state index in [0.717, 1.165) is 6.29 Å². The van der Waals surface area contributed by atoms with E-state index in [2.05, 4.69) is 18.6 Å². The molecule has 0 atom stereocenters. The third-order valence-electron chi connectivity index (χ3n) is 2.13. The van der Waals surface area contributed by atoms with E-state index in [1.54, 1.807) is 0 Å². The number of carbonyl (C=O) groups is 1. The molecule has 0 saturated heterocycles. The molecule has 0 radical (unpaired) electrons. The molecule has 0 unspecified atom stereocenters. The van der Waals surface area contributed by atoms with Gasteiger partial charge in [-0.1, -0.05) is 37.4 Å². The van der Waals surface area contributed by atoms with E-state index in [9.17, 15) is 4.79 Å². The minimum atomic E-state index is -1.68. The second-order valence-corrected chi connectivity index (χ2v) is 7.63. The molecule has 1 aromatic rings. The highest BCUT2D eigenvalue weighted by Crippen LogP contribution is 2.02. The number of aldehydes is 1. The zero-order valence-electron chi connectivity index (χ0n) is 7.87. The summed E-state index contributed by atoms with van der Waals surface area (Å²) >= 11 is 0. The average molecular weight is 188 g/mol. The molecule has 0 heterocycles. The molecular weight excluding hydrogens is 176 g/mol. The molecule has 13 heavy (non-hydrogen) atoms. The molecule has 0 spiro atoms. The molecule has 0 aliphatic heterocycles. The number of benzene rings is 1. The Hall–Kier alpha value is -1.33. The minimum absolute atomic E-state index is 0.700. The van der Waals surface area contributed by atoms with E-state index in [-0.39, 0.29) is 0 Å². The first kappa shape index (κ1) is 9.75. The Morgan fingerprint density at radius 2 is 1.85 bits per heavy atom. The Kier molecular flexibility index (Phi) is 2.69. The van der Waals surface area contributed by atoms with Crippen molar-refractivity contribution in [1.82, 2.24) is 0 Å². The fourth-order valence-corrected chi connectivity index (χ4v) is 2.23. The van der Waals surface area contributed by atoms with Gasteiger partial charge in [-0.2, -0.15) is 0 Å². The Morgan fingerprint density at radius 3 is 2.23 bits per heavy atom. The summed E-state index contributed by atoms with van der Waals surface area (Å²) in [4.78, 5) is 10.4. The summed E-state index contributed by atoms with van der Waals surface area (Å²) in [5, 5.41) is 1.20. The van der Waals surface area contributed by atoms with E-state index < -0.39 is 8.07 Å². The lowest BCUT2D eigenvalue weighted by molar-refractivity contribution is 0.112. The molecule has 0 N–H and O–H groups in total. The second kappa shape index (κ2) is 3.59. The first-order valence-corrected chi connectivity index (χ1v) is 7.13. The molecule has 1 rings (SSSR count). The Bertz CT molecular complexity index is 343. The van der Waals surface area contributed by atoms with Gasteiger partial charge in [0.05, 0.1) is 0 Å². The van der Waals surface area contributed by atoms with Crippen LogP contribution in [0.15, 0.2) is 24.3 Å². The van der Waals surface area contributed by atoms with E-state index >= 15 is 0 Å². The molecule has 0 aromatic heterocycles. The summed E-state index contributed by atoms with van der Waals surface area (Å²) in [6.45, 7) is 4.23. The molecule has 2 heteroatoms. The monoisotopic (exact) mass is 188 g/mol. The van der Waals surface area contributed by atoms with E-state index in [1.165, 1.54) is 5.19 Å². The first-order valence-electron chi connectivity index (χ1n) is 4.13. The lowest BCUT2D eigenvalue weighted by Gasteiger charge is -2.14. The molecule has 0 aliphatic rings. The van der Waals surface area contributed by atoms with Crippen molar-refractivity contribution in [2.75, 3.05) is 0 Å². The van der Waals surface area contributed by atoms with Crippen LogP contribution in [0.2, 0.25) is 13.1 Å². The topological polar surface area (TPSA) is 17.1 Å². The van der Waals surface area contributed by atoms with Crippen LogP contribution in [-0.4, -0.2) is 14.4 Å². The van der Waals surface area contributed by atoms with Crippen LogP contribution < -0.4 is 5.19 Å². The van der Waals surface area contributed by atoms with Crippen molar-refractivity contribution >= 4 is 19.5 Å².